The highest BCUT2D eigenvalue weighted by Crippen LogP contribution is 2.30. The zero-order valence-electron chi connectivity index (χ0n) is 15.0. The molecule has 0 saturated carbocycles. The van der Waals surface area contributed by atoms with Crippen LogP contribution in [-0.2, 0) is 13.1 Å². The Kier molecular flexibility index (Phi) is 5.01. The monoisotopic (exact) mass is 358 g/mol. The van der Waals surface area contributed by atoms with E-state index in [1.54, 1.807) is 18.6 Å². The summed E-state index contributed by atoms with van der Waals surface area (Å²) in [6.45, 7) is 7.70. The zero-order chi connectivity index (χ0) is 17.2. The van der Waals surface area contributed by atoms with Crippen molar-refractivity contribution in [3.63, 3.8) is 0 Å². The second-order valence-electron chi connectivity index (χ2n) is 7.35. The van der Waals surface area contributed by atoms with Crippen LogP contribution in [0.25, 0.3) is 0 Å². The highest BCUT2D eigenvalue weighted by Gasteiger charge is 2.35. The number of nitrogens with zero attached hydrogens (tertiary/aromatic N) is 4. The van der Waals surface area contributed by atoms with Gasteiger partial charge in [0.05, 0.1) is 17.7 Å². The number of aryl methyl sites for hydroxylation is 1. The summed E-state index contributed by atoms with van der Waals surface area (Å²) in [6.07, 6.45) is 2.68. The van der Waals surface area contributed by atoms with Crippen LogP contribution in [0.2, 0.25) is 0 Å². The number of methoxy groups -OCH3 is 1. The molecule has 0 aliphatic carbocycles. The van der Waals surface area contributed by atoms with Crippen molar-refractivity contribution in [3.05, 3.63) is 40.4 Å². The van der Waals surface area contributed by atoms with E-state index in [0.717, 1.165) is 37.0 Å². The van der Waals surface area contributed by atoms with Crippen molar-refractivity contribution in [2.24, 2.45) is 5.92 Å². The first-order valence-corrected chi connectivity index (χ1v) is 9.86. The molecule has 1 aromatic heterocycles. The third-order valence-electron chi connectivity index (χ3n) is 5.56. The van der Waals surface area contributed by atoms with E-state index in [1.165, 1.54) is 36.4 Å². The van der Waals surface area contributed by atoms with Gasteiger partial charge in [-0.25, -0.2) is 0 Å². The lowest BCUT2D eigenvalue weighted by atomic mass is 9.95. The van der Waals surface area contributed by atoms with Gasteiger partial charge < -0.3 is 4.74 Å². The average molecular weight is 359 g/mol. The first-order valence-electron chi connectivity index (χ1n) is 9.08. The highest BCUT2D eigenvalue weighted by molar-refractivity contribution is 7.05. The summed E-state index contributed by atoms with van der Waals surface area (Å²) >= 11 is 1.56. The molecule has 2 bridgehead atoms. The number of ether oxygens (including phenoxy) is 1. The predicted octanol–water partition coefficient (Wildman–Crippen LogP) is 2.95. The van der Waals surface area contributed by atoms with Crippen LogP contribution < -0.4 is 4.74 Å². The van der Waals surface area contributed by atoms with Gasteiger partial charge in [-0.1, -0.05) is 16.6 Å². The van der Waals surface area contributed by atoms with Gasteiger partial charge in [0, 0.05) is 38.8 Å². The fraction of sp³-hybridized carbons (Fsp3) is 0.579. The molecule has 2 atom stereocenters. The van der Waals surface area contributed by atoms with Gasteiger partial charge in [-0.3, -0.25) is 9.80 Å². The molecule has 0 radical (unpaired) electrons. The van der Waals surface area contributed by atoms with Crippen LogP contribution in [0.1, 0.15) is 29.0 Å². The molecule has 25 heavy (non-hydrogen) atoms. The van der Waals surface area contributed by atoms with E-state index >= 15 is 0 Å². The van der Waals surface area contributed by atoms with Gasteiger partial charge >= 0.3 is 0 Å². The second-order valence-corrected chi connectivity index (χ2v) is 8.19. The maximum Gasteiger partial charge on any atom is 0.118 e. The minimum absolute atomic E-state index is 0.651. The molecule has 3 fully saturated rings. The molecule has 6 heteroatoms. The molecule has 5 rings (SSSR count). The molecule has 4 heterocycles. The molecule has 0 spiro atoms. The molecule has 1 aromatic carbocycles. The second kappa shape index (κ2) is 7.40. The van der Waals surface area contributed by atoms with Gasteiger partial charge in [0.15, 0.2) is 0 Å². The average Bonchev–Trinajstić information content (AvgIpc) is 2.84. The molecular weight excluding hydrogens is 332 g/mol. The Bertz CT molecular complexity index is 702. The number of hydrogen-bond donors (Lipinski definition) is 0. The Hall–Kier alpha value is -1.50. The van der Waals surface area contributed by atoms with Crippen molar-refractivity contribution in [3.8, 4) is 5.75 Å². The summed E-state index contributed by atoms with van der Waals surface area (Å²) in [5.41, 5.74) is 2.47. The van der Waals surface area contributed by atoms with Gasteiger partial charge in [-0.2, -0.15) is 0 Å². The van der Waals surface area contributed by atoms with Gasteiger partial charge in [0.1, 0.15) is 5.75 Å². The van der Waals surface area contributed by atoms with Gasteiger partial charge in [-0.15, -0.1) is 5.10 Å². The summed E-state index contributed by atoms with van der Waals surface area (Å²) in [5, 5.41) is 4.17. The molecule has 0 unspecified atom stereocenters. The smallest absolute Gasteiger partial charge is 0.118 e. The fourth-order valence-corrected chi connectivity index (χ4v) is 4.83. The van der Waals surface area contributed by atoms with Crippen LogP contribution in [-0.4, -0.2) is 52.2 Å². The van der Waals surface area contributed by atoms with Crippen LogP contribution >= 0.6 is 11.5 Å². The highest BCUT2D eigenvalue weighted by atomic mass is 32.1. The third-order valence-corrected chi connectivity index (χ3v) is 6.37. The lowest BCUT2D eigenvalue weighted by Crippen LogP contribution is -2.43. The number of hydrogen-bond acceptors (Lipinski definition) is 6. The van der Waals surface area contributed by atoms with E-state index in [4.69, 9.17) is 4.74 Å². The van der Waals surface area contributed by atoms with E-state index < -0.39 is 0 Å². The first kappa shape index (κ1) is 16.9. The normalized spacial score (nSPS) is 24.4. The van der Waals surface area contributed by atoms with E-state index in [0.29, 0.717) is 6.04 Å². The van der Waals surface area contributed by atoms with Crippen LogP contribution in [0, 0.1) is 12.8 Å². The number of piperidine rings is 1. The van der Waals surface area contributed by atoms with Crippen molar-refractivity contribution >= 4 is 11.5 Å². The van der Waals surface area contributed by atoms with Crippen molar-refractivity contribution in [2.75, 3.05) is 26.7 Å². The lowest BCUT2D eigenvalue weighted by molar-refractivity contribution is 0.124. The van der Waals surface area contributed by atoms with Crippen molar-refractivity contribution in [1.29, 1.82) is 0 Å². The Balaban J connectivity index is 1.42. The molecule has 0 N–H and O–H groups in total. The summed E-state index contributed by atoms with van der Waals surface area (Å²) in [7, 11) is 1.72. The van der Waals surface area contributed by atoms with E-state index in [-0.39, 0.29) is 0 Å². The Labute approximate surface area is 153 Å². The summed E-state index contributed by atoms with van der Waals surface area (Å²) in [6, 6.07) is 9.16. The molecular formula is C19H26N4OS. The number of benzene rings is 1. The number of fused-ring (bicyclic) bond motifs is 4. The van der Waals surface area contributed by atoms with E-state index in [1.807, 2.05) is 0 Å². The number of rotatable bonds is 5. The van der Waals surface area contributed by atoms with Crippen LogP contribution in [0.3, 0.4) is 0 Å². The largest absolute Gasteiger partial charge is 0.497 e. The summed E-state index contributed by atoms with van der Waals surface area (Å²) in [5.74, 6) is 1.71. The van der Waals surface area contributed by atoms with Crippen molar-refractivity contribution in [1.82, 2.24) is 19.4 Å². The van der Waals surface area contributed by atoms with Gasteiger partial charge in [-0.05, 0) is 54.9 Å². The maximum absolute atomic E-state index is 5.27. The van der Waals surface area contributed by atoms with E-state index in [9.17, 15) is 0 Å². The molecule has 134 valence electrons. The summed E-state index contributed by atoms with van der Waals surface area (Å²) in [4.78, 5) is 6.64. The zero-order valence-corrected chi connectivity index (χ0v) is 15.8. The first-order chi connectivity index (χ1) is 12.2. The van der Waals surface area contributed by atoms with E-state index in [2.05, 4.69) is 50.6 Å². The molecule has 3 aliphatic heterocycles. The SMILES string of the molecule is COc1ccc(CN2C[C@H]3CC[C@@H](C2)N(Cc2snnc2C)C3)cc1. The van der Waals surface area contributed by atoms with Crippen LogP contribution in [0.15, 0.2) is 24.3 Å². The molecule has 0 amide bonds. The third kappa shape index (κ3) is 3.86. The Morgan fingerprint density at radius 3 is 2.68 bits per heavy atom. The van der Waals surface area contributed by atoms with Crippen LogP contribution in [0.4, 0.5) is 0 Å². The van der Waals surface area contributed by atoms with Crippen molar-refractivity contribution < 1.29 is 4.74 Å². The van der Waals surface area contributed by atoms with Crippen LogP contribution in [0.5, 0.6) is 5.75 Å². The van der Waals surface area contributed by atoms with Gasteiger partial charge in [0.25, 0.3) is 0 Å². The fourth-order valence-electron chi connectivity index (χ4n) is 4.17. The molecule has 3 aliphatic rings. The Morgan fingerprint density at radius 1 is 1.12 bits per heavy atom. The quantitative estimate of drug-likeness (QED) is 0.822. The maximum atomic E-state index is 5.27. The molecule has 3 saturated heterocycles. The molecule has 5 nitrogen and oxygen atoms in total. The standard InChI is InChI=1S/C19H26N4OS/c1-14-19(25-21-20-14)13-23-11-16-3-6-17(23)12-22(10-16)9-15-4-7-18(24-2)8-5-15/h4-5,7-8,16-17H,3,6,9-13H2,1-2H3/t16-,17+/m1/s1. The summed E-state index contributed by atoms with van der Waals surface area (Å²) < 4.78 is 9.37. The predicted molar refractivity (Wildman–Crippen MR) is 99.8 cm³/mol. The van der Waals surface area contributed by atoms with Crippen molar-refractivity contribution in [2.45, 2.75) is 38.9 Å². The minimum Gasteiger partial charge on any atom is -0.497 e. The number of aromatic nitrogens is 2. The Morgan fingerprint density at radius 2 is 1.96 bits per heavy atom. The topological polar surface area (TPSA) is 41.5 Å². The minimum atomic E-state index is 0.651. The lowest BCUT2D eigenvalue weighted by Gasteiger charge is -2.35. The van der Waals surface area contributed by atoms with Gasteiger partial charge in [0.2, 0.25) is 0 Å². The molecule has 2 aromatic rings.